The van der Waals surface area contributed by atoms with E-state index in [1.54, 1.807) is 6.07 Å². The molecule has 2 aromatic rings. The van der Waals surface area contributed by atoms with Crippen LogP contribution in [-0.2, 0) is 16.9 Å². The van der Waals surface area contributed by atoms with Gasteiger partial charge >= 0.3 is 11.3 Å². The number of amides is 2. The molecule has 1 aliphatic rings. The number of alkyl halides is 2. The van der Waals surface area contributed by atoms with Crippen molar-refractivity contribution in [2.24, 2.45) is 13.0 Å². The molecule has 28 heavy (non-hydrogen) atoms. The lowest BCUT2D eigenvalue weighted by Crippen LogP contribution is -2.47. The second-order valence-electron chi connectivity index (χ2n) is 6.64. The average molecular weight is 414 g/mol. The van der Waals surface area contributed by atoms with Gasteiger partial charge in [-0.2, -0.15) is 24.1 Å². The zero-order valence-electron chi connectivity index (χ0n) is 15.3. The quantitative estimate of drug-likeness (QED) is 0.817. The Bertz CT molecular complexity index is 956. The number of rotatable bonds is 4. The van der Waals surface area contributed by atoms with Crippen LogP contribution in [-0.4, -0.2) is 57.7 Å². The number of urea groups is 1. The number of nitrogens with zero attached hydrogens (tertiary/aromatic N) is 5. The topological polar surface area (TPSA) is 110 Å². The molecule has 0 bridgehead atoms. The summed E-state index contributed by atoms with van der Waals surface area (Å²) in [4.78, 5) is 13.6. The lowest BCUT2D eigenvalue weighted by atomic mass is 9.97. The van der Waals surface area contributed by atoms with Crippen LogP contribution >= 0.6 is 0 Å². The Hall–Kier alpha value is -2.63. The molecule has 1 fully saturated rings. The first-order chi connectivity index (χ1) is 13.1. The van der Waals surface area contributed by atoms with Crippen molar-refractivity contribution >= 4 is 21.6 Å². The molecule has 2 aromatic heterocycles. The second-order valence-corrected chi connectivity index (χ2v) is 8.60. The minimum atomic E-state index is -4.90. The number of aromatic nitrogens is 4. The first kappa shape index (κ1) is 20.1. The molecule has 1 saturated heterocycles. The van der Waals surface area contributed by atoms with E-state index in [-0.39, 0.29) is 25.9 Å². The van der Waals surface area contributed by atoms with E-state index in [2.05, 4.69) is 20.6 Å². The molecule has 0 radical (unpaired) electrons. The molecule has 3 heterocycles. The average Bonchev–Trinajstić information content (AvgIpc) is 3.01. The Kier molecular flexibility index (Phi) is 5.33. The van der Waals surface area contributed by atoms with Gasteiger partial charge in [0.1, 0.15) is 0 Å². The number of piperidine rings is 1. The number of carbonyl (C=O) groups excluding carboxylic acids is 1. The third kappa shape index (κ3) is 3.68. The minimum Gasteiger partial charge on any atom is -0.325 e. The monoisotopic (exact) mass is 414 g/mol. The Balaban J connectivity index is 1.68. The number of nitrogens with one attached hydrogen (secondary N) is 1. The number of halogens is 2. The summed E-state index contributed by atoms with van der Waals surface area (Å²) < 4.78 is 55.8. The standard InChI is InChI=1S/C16H20F2N6O3S/c1-11-9-14(23(2)22-11)28(26,27)16(17,18)12-4-7-24(8-5-12)15(25)21-13-3-6-19-20-10-13/h3,6,9-10,12H,4-5,7-8H2,1-2H3,(H,19,21,25). The van der Waals surface area contributed by atoms with Crippen molar-refractivity contribution in [1.82, 2.24) is 24.9 Å². The largest absolute Gasteiger partial charge is 0.354 e. The van der Waals surface area contributed by atoms with Crippen LogP contribution in [0, 0.1) is 12.8 Å². The number of anilines is 1. The molecule has 0 aliphatic carbocycles. The van der Waals surface area contributed by atoms with Crippen molar-refractivity contribution in [2.75, 3.05) is 18.4 Å². The van der Waals surface area contributed by atoms with Gasteiger partial charge < -0.3 is 10.2 Å². The number of sulfone groups is 1. The molecule has 0 atom stereocenters. The molecule has 12 heteroatoms. The Morgan fingerprint density at radius 2 is 1.96 bits per heavy atom. The zero-order chi connectivity index (χ0) is 20.5. The van der Waals surface area contributed by atoms with Crippen LogP contribution in [0.1, 0.15) is 18.5 Å². The molecular formula is C16H20F2N6O3S. The fourth-order valence-corrected chi connectivity index (χ4v) is 4.85. The van der Waals surface area contributed by atoms with E-state index in [1.165, 1.54) is 31.3 Å². The van der Waals surface area contributed by atoms with Crippen LogP contribution in [0.5, 0.6) is 0 Å². The van der Waals surface area contributed by atoms with Crippen LogP contribution in [0.25, 0.3) is 0 Å². The molecular weight excluding hydrogens is 394 g/mol. The summed E-state index contributed by atoms with van der Waals surface area (Å²) in [5, 5.41) is 9.21. The van der Waals surface area contributed by atoms with Crippen molar-refractivity contribution in [3.8, 4) is 0 Å². The summed E-state index contributed by atoms with van der Waals surface area (Å²) in [5.74, 6) is -1.39. The van der Waals surface area contributed by atoms with Gasteiger partial charge in [0.25, 0.3) is 9.84 Å². The van der Waals surface area contributed by atoms with Crippen molar-refractivity contribution in [1.29, 1.82) is 0 Å². The molecule has 1 N–H and O–H groups in total. The van der Waals surface area contributed by atoms with Crippen LogP contribution in [0.15, 0.2) is 29.6 Å². The highest BCUT2D eigenvalue weighted by Crippen LogP contribution is 2.41. The highest BCUT2D eigenvalue weighted by atomic mass is 32.2. The van der Waals surface area contributed by atoms with Gasteiger partial charge in [-0.1, -0.05) is 0 Å². The Morgan fingerprint density at radius 3 is 2.50 bits per heavy atom. The van der Waals surface area contributed by atoms with E-state index in [9.17, 15) is 22.0 Å². The summed E-state index contributed by atoms with van der Waals surface area (Å²) in [6.07, 6.45) is 2.50. The first-order valence-electron chi connectivity index (χ1n) is 8.58. The number of hydrogen-bond donors (Lipinski definition) is 1. The third-order valence-corrected chi connectivity index (χ3v) is 6.67. The second kappa shape index (κ2) is 7.41. The minimum absolute atomic E-state index is 0.0184. The van der Waals surface area contributed by atoms with Crippen molar-refractivity contribution in [2.45, 2.75) is 30.0 Å². The molecule has 9 nitrogen and oxygen atoms in total. The summed E-state index contributed by atoms with van der Waals surface area (Å²) in [5.41, 5.74) is 0.774. The summed E-state index contributed by atoms with van der Waals surface area (Å²) in [7, 11) is -3.59. The van der Waals surface area contributed by atoms with Crippen molar-refractivity contribution < 1.29 is 22.0 Å². The molecule has 0 spiro atoms. The third-order valence-electron chi connectivity index (χ3n) is 4.69. The fraction of sp³-hybridized carbons (Fsp3) is 0.500. The molecule has 3 rings (SSSR count). The van der Waals surface area contributed by atoms with Crippen LogP contribution in [0.2, 0.25) is 0 Å². The number of carbonyl (C=O) groups is 1. The molecule has 152 valence electrons. The predicted molar refractivity (Wildman–Crippen MR) is 95.4 cm³/mol. The van der Waals surface area contributed by atoms with Gasteiger partial charge in [-0.25, -0.2) is 13.2 Å². The molecule has 0 aromatic carbocycles. The lowest BCUT2D eigenvalue weighted by molar-refractivity contribution is 0.0000343. The van der Waals surface area contributed by atoms with E-state index >= 15 is 0 Å². The van der Waals surface area contributed by atoms with Crippen molar-refractivity contribution in [3.63, 3.8) is 0 Å². The van der Waals surface area contributed by atoms with E-state index in [0.29, 0.717) is 11.4 Å². The Labute approximate surface area is 160 Å². The number of hydrogen-bond acceptors (Lipinski definition) is 6. The van der Waals surface area contributed by atoms with Crippen LogP contribution < -0.4 is 5.32 Å². The summed E-state index contributed by atoms with van der Waals surface area (Å²) in [6.45, 7) is 1.57. The van der Waals surface area contributed by atoms with E-state index < -0.39 is 32.1 Å². The summed E-state index contributed by atoms with van der Waals surface area (Å²) >= 11 is 0. The maximum absolute atomic E-state index is 14.9. The number of aryl methyl sites for hydroxylation is 2. The highest BCUT2D eigenvalue weighted by Gasteiger charge is 2.54. The molecule has 1 aliphatic heterocycles. The fourth-order valence-electron chi connectivity index (χ4n) is 3.18. The van der Waals surface area contributed by atoms with Crippen molar-refractivity contribution in [3.05, 3.63) is 30.2 Å². The SMILES string of the molecule is Cc1cc(S(=O)(=O)C(F)(F)C2CCN(C(=O)Nc3ccnnc3)CC2)n(C)n1. The van der Waals surface area contributed by atoms with Gasteiger partial charge in [-0.3, -0.25) is 4.68 Å². The smallest absolute Gasteiger partial charge is 0.325 e. The van der Waals surface area contributed by atoms with Crippen LogP contribution in [0.4, 0.5) is 19.3 Å². The van der Waals surface area contributed by atoms with Gasteiger partial charge in [0.2, 0.25) is 0 Å². The molecule has 2 amide bonds. The van der Waals surface area contributed by atoms with Gasteiger partial charge in [0.05, 0.1) is 23.8 Å². The highest BCUT2D eigenvalue weighted by molar-refractivity contribution is 7.92. The Morgan fingerprint density at radius 1 is 1.29 bits per heavy atom. The molecule has 0 unspecified atom stereocenters. The predicted octanol–water partition coefficient (Wildman–Crippen LogP) is 1.83. The van der Waals surface area contributed by atoms with E-state index in [4.69, 9.17) is 0 Å². The zero-order valence-corrected chi connectivity index (χ0v) is 16.2. The van der Waals surface area contributed by atoms with Gasteiger partial charge in [0, 0.05) is 26.1 Å². The maximum atomic E-state index is 14.9. The number of likely N-dealkylation sites (tertiary alicyclic amines) is 1. The van der Waals surface area contributed by atoms with Gasteiger partial charge in [0.15, 0.2) is 5.03 Å². The first-order valence-corrected chi connectivity index (χ1v) is 10.1. The summed E-state index contributed by atoms with van der Waals surface area (Å²) in [6, 6.07) is 2.22. The van der Waals surface area contributed by atoms with Gasteiger partial charge in [-0.05, 0) is 31.9 Å². The van der Waals surface area contributed by atoms with E-state index in [0.717, 1.165) is 10.7 Å². The maximum Gasteiger partial charge on any atom is 0.354 e. The van der Waals surface area contributed by atoms with Gasteiger partial charge in [-0.15, -0.1) is 0 Å². The molecule has 0 saturated carbocycles. The van der Waals surface area contributed by atoms with E-state index in [1.807, 2.05) is 0 Å². The lowest BCUT2D eigenvalue weighted by Gasteiger charge is -2.35. The van der Waals surface area contributed by atoms with Crippen LogP contribution in [0.3, 0.4) is 0 Å². The normalized spacial score (nSPS) is 16.2.